The fourth-order valence-electron chi connectivity index (χ4n) is 4.88. The summed E-state index contributed by atoms with van der Waals surface area (Å²) in [5.74, 6) is 0.659. The molecule has 27 heavy (non-hydrogen) atoms. The van der Waals surface area contributed by atoms with Crippen molar-refractivity contribution in [1.29, 1.82) is 0 Å². The SMILES string of the molecule is CN1CCN([C@@H]2CCN(Cc3ccc4occc4c3)C[C@@H]2CCCO)CC1. The monoisotopic (exact) mass is 371 g/mol. The number of hydrogen-bond acceptors (Lipinski definition) is 5. The lowest BCUT2D eigenvalue weighted by Gasteiger charge is -2.46. The van der Waals surface area contributed by atoms with Crippen LogP contribution in [-0.4, -0.2) is 78.8 Å². The van der Waals surface area contributed by atoms with E-state index in [1.165, 1.54) is 43.5 Å². The molecule has 1 aromatic carbocycles. The van der Waals surface area contributed by atoms with Crippen LogP contribution in [0.3, 0.4) is 0 Å². The fraction of sp³-hybridized carbons (Fsp3) is 0.636. The first-order valence-corrected chi connectivity index (χ1v) is 10.4. The van der Waals surface area contributed by atoms with Crippen molar-refractivity contribution in [3.63, 3.8) is 0 Å². The smallest absolute Gasteiger partial charge is 0.133 e. The van der Waals surface area contributed by atoms with Crippen LogP contribution >= 0.6 is 0 Å². The van der Waals surface area contributed by atoms with Gasteiger partial charge in [0.05, 0.1) is 6.26 Å². The van der Waals surface area contributed by atoms with Crippen molar-refractivity contribution in [2.24, 2.45) is 5.92 Å². The Morgan fingerprint density at radius 2 is 1.96 bits per heavy atom. The fourth-order valence-corrected chi connectivity index (χ4v) is 4.88. The molecule has 2 aliphatic heterocycles. The highest BCUT2D eigenvalue weighted by molar-refractivity contribution is 5.77. The van der Waals surface area contributed by atoms with E-state index >= 15 is 0 Å². The molecule has 0 saturated carbocycles. The van der Waals surface area contributed by atoms with Crippen molar-refractivity contribution < 1.29 is 9.52 Å². The highest BCUT2D eigenvalue weighted by Crippen LogP contribution is 2.28. The lowest BCUT2D eigenvalue weighted by molar-refractivity contribution is 0.0212. The quantitative estimate of drug-likeness (QED) is 0.846. The maximum absolute atomic E-state index is 9.37. The third kappa shape index (κ3) is 4.54. The number of furan rings is 1. The molecule has 0 aliphatic carbocycles. The molecule has 0 bridgehead atoms. The molecule has 2 aromatic rings. The van der Waals surface area contributed by atoms with E-state index in [2.05, 4.69) is 39.9 Å². The topological polar surface area (TPSA) is 43.1 Å². The summed E-state index contributed by atoms with van der Waals surface area (Å²) in [7, 11) is 2.22. The van der Waals surface area contributed by atoms with Crippen LogP contribution in [0.4, 0.5) is 0 Å². The van der Waals surface area contributed by atoms with E-state index in [0.29, 0.717) is 18.6 Å². The van der Waals surface area contributed by atoms with E-state index in [9.17, 15) is 5.11 Å². The van der Waals surface area contributed by atoms with Gasteiger partial charge in [-0.15, -0.1) is 0 Å². The lowest BCUT2D eigenvalue weighted by atomic mass is 9.86. The number of hydrogen-bond donors (Lipinski definition) is 1. The molecule has 2 fully saturated rings. The first-order valence-electron chi connectivity index (χ1n) is 10.4. The van der Waals surface area contributed by atoms with Crippen molar-refractivity contribution in [3.05, 3.63) is 36.1 Å². The Morgan fingerprint density at radius 3 is 2.78 bits per heavy atom. The van der Waals surface area contributed by atoms with Crippen LogP contribution in [0.2, 0.25) is 0 Å². The molecule has 0 unspecified atom stereocenters. The van der Waals surface area contributed by atoms with Gasteiger partial charge in [-0.05, 0) is 62.5 Å². The summed E-state index contributed by atoms with van der Waals surface area (Å²) in [5.41, 5.74) is 2.33. The Hall–Kier alpha value is -1.40. The minimum Gasteiger partial charge on any atom is -0.464 e. The molecule has 148 valence electrons. The summed E-state index contributed by atoms with van der Waals surface area (Å²) in [6.07, 6.45) is 5.06. The predicted octanol–water partition coefficient (Wildman–Crippen LogP) is 2.64. The van der Waals surface area contributed by atoms with Crippen molar-refractivity contribution in [3.8, 4) is 0 Å². The molecule has 3 heterocycles. The molecular formula is C22H33N3O2. The van der Waals surface area contributed by atoms with Gasteiger partial charge in [0.2, 0.25) is 0 Å². The average Bonchev–Trinajstić information content (AvgIpc) is 3.15. The molecule has 2 atom stereocenters. The Balaban J connectivity index is 1.40. The predicted molar refractivity (Wildman–Crippen MR) is 109 cm³/mol. The summed E-state index contributed by atoms with van der Waals surface area (Å²) in [5, 5.41) is 10.6. The van der Waals surface area contributed by atoms with E-state index in [4.69, 9.17) is 4.42 Å². The standard InChI is InChI=1S/C22H33N3O2/c1-23-9-11-25(12-10-23)21-6-8-24(17-20(21)3-2-13-26)16-18-4-5-22-19(15-18)7-14-27-22/h4-5,7,14-15,20-21,26H,2-3,6,8-13,16-17H2,1H3/t20-,21+/m0/s1. The maximum atomic E-state index is 9.37. The highest BCUT2D eigenvalue weighted by Gasteiger charge is 2.33. The van der Waals surface area contributed by atoms with Crippen molar-refractivity contribution in [1.82, 2.24) is 14.7 Å². The Labute approximate surface area is 162 Å². The highest BCUT2D eigenvalue weighted by atomic mass is 16.3. The number of fused-ring (bicyclic) bond motifs is 1. The Bertz CT molecular complexity index is 723. The number of nitrogens with zero attached hydrogens (tertiary/aromatic N) is 3. The van der Waals surface area contributed by atoms with Crippen LogP contribution < -0.4 is 0 Å². The number of rotatable bonds is 6. The van der Waals surface area contributed by atoms with Crippen molar-refractivity contribution in [2.45, 2.75) is 31.8 Å². The number of piperidine rings is 1. The molecule has 4 rings (SSSR count). The van der Waals surface area contributed by atoms with Crippen LogP contribution in [0.25, 0.3) is 11.0 Å². The molecule has 5 nitrogen and oxygen atoms in total. The summed E-state index contributed by atoms with van der Waals surface area (Å²) < 4.78 is 5.47. The molecule has 0 radical (unpaired) electrons. The number of likely N-dealkylation sites (N-methyl/N-ethyl adjacent to an activating group) is 1. The Morgan fingerprint density at radius 1 is 1.11 bits per heavy atom. The zero-order valence-electron chi connectivity index (χ0n) is 16.5. The molecule has 2 aliphatic rings. The molecule has 0 amide bonds. The molecule has 1 aromatic heterocycles. The van der Waals surface area contributed by atoms with Crippen molar-refractivity contribution >= 4 is 11.0 Å². The van der Waals surface area contributed by atoms with Crippen LogP contribution in [0.5, 0.6) is 0 Å². The summed E-state index contributed by atoms with van der Waals surface area (Å²) in [4.78, 5) is 7.76. The van der Waals surface area contributed by atoms with E-state index in [1.807, 2.05) is 6.07 Å². The zero-order chi connectivity index (χ0) is 18.6. The first-order chi connectivity index (χ1) is 13.2. The van der Waals surface area contributed by atoms with Gasteiger partial charge in [-0.1, -0.05) is 6.07 Å². The number of aliphatic hydroxyl groups is 1. The second-order valence-electron chi connectivity index (χ2n) is 8.35. The summed E-state index contributed by atoms with van der Waals surface area (Å²) in [6, 6.07) is 9.26. The number of likely N-dealkylation sites (tertiary alicyclic amines) is 1. The van der Waals surface area contributed by atoms with Gasteiger partial charge in [0, 0.05) is 57.3 Å². The normalized spacial score (nSPS) is 26.0. The average molecular weight is 372 g/mol. The van der Waals surface area contributed by atoms with E-state index in [0.717, 1.165) is 38.1 Å². The molecule has 1 N–H and O–H groups in total. The van der Waals surface area contributed by atoms with Gasteiger partial charge in [0.15, 0.2) is 0 Å². The summed E-state index contributed by atoms with van der Waals surface area (Å²) >= 11 is 0. The second kappa shape index (κ2) is 8.74. The van der Waals surface area contributed by atoms with Gasteiger partial charge < -0.3 is 14.4 Å². The lowest BCUT2D eigenvalue weighted by Crippen LogP contribution is -2.56. The molecule has 2 saturated heterocycles. The zero-order valence-corrected chi connectivity index (χ0v) is 16.5. The van der Waals surface area contributed by atoms with Gasteiger partial charge in [-0.3, -0.25) is 9.80 Å². The van der Waals surface area contributed by atoms with Crippen LogP contribution in [-0.2, 0) is 6.54 Å². The van der Waals surface area contributed by atoms with Crippen LogP contribution in [0, 0.1) is 5.92 Å². The molecule has 0 spiro atoms. The van der Waals surface area contributed by atoms with Crippen LogP contribution in [0.15, 0.2) is 34.9 Å². The third-order valence-corrected chi connectivity index (χ3v) is 6.44. The maximum Gasteiger partial charge on any atom is 0.133 e. The van der Waals surface area contributed by atoms with E-state index < -0.39 is 0 Å². The Kier molecular flexibility index (Phi) is 6.13. The van der Waals surface area contributed by atoms with E-state index in [-0.39, 0.29) is 0 Å². The minimum atomic E-state index is 0.309. The molecule has 5 heteroatoms. The van der Waals surface area contributed by atoms with E-state index in [1.54, 1.807) is 6.26 Å². The van der Waals surface area contributed by atoms with Gasteiger partial charge >= 0.3 is 0 Å². The largest absolute Gasteiger partial charge is 0.464 e. The number of aliphatic hydroxyl groups excluding tert-OH is 1. The molecular weight excluding hydrogens is 338 g/mol. The third-order valence-electron chi connectivity index (χ3n) is 6.44. The van der Waals surface area contributed by atoms with Crippen LogP contribution in [0.1, 0.15) is 24.8 Å². The van der Waals surface area contributed by atoms with Crippen molar-refractivity contribution in [2.75, 3.05) is 52.9 Å². The summed E-state index contributed by atoms with van der Waals surface area (Å²) in [6.45, 7) is 8.35. The number of piperazine rings is 1. The van der Waals surface area contributed by atoms with Gasteiger partial charge in [-0.2, -0.15) is 0 Å². The van der Waals surface area contributed by atoms with Gasteiger partial charge in [-0.25, -0.2) is 0 Å². The second-order valence-corrected chi connectivity index (χ2v) is 8.35. The number of benzene rings is 1. The van der Waals surface area contributed by atoms with Gasteiger partial charge in [0.25, 0.3) is 0 Å². The minimum absolute atomic E-state index is 0.309. The first kappa shape index (κ1) is 18.9. The van der Waals surface area contributed by atoms with Gasteiger partial charge in [0.1, 0.15) is 5.58 Å².